The summed E-state index contributed by atoms with van der Waals surface area (Å²) in [7, 11) is 3.56. The van der Waals surface area contributed by atoms with Crippen molar-refractivity contribution in [2.24, 2.45) is 0 Å². The number of carbonyl (C=O) groups excluding carboxylic acids is 1. The molecular weight excluding hydrogens is 327 g/mol. The van der Waals surface area contributed by atoms with Gasteiger partial charge in [0, 0.05) is 22.5 Å². The van der Waals surface area contributed by atoms with Crippen molar-refractivity contribution in [1.29, 1.82) is 0 Å². The van der Waals surface area contributed by atoms with E-state index in [-0.39, 0.29) is 16.4 Å². The number of carboxylic acids is 1. The van der Waals surface area contributed by atoms with Gasteiger partial charge in [0.15, 0.2) is 0 Å². The van der Waals surface area contributed by atoms with Crippen LogP contribution >= 0.6 is 32.4 Å². The largest absolute Gasteiger partial charge is 0.478 e. The summed E-state index contributed by atoms with van der Waals surface area (Å²) >= 11 is 3.54. The third kappa shape index (κ3) is 4.77. The van der Waals surface area contributed by atoms with Crippen molar-refractivity contribution in [1.82, 2.24) is 0 Å². The van der Waals surface area contributed by atoms with Crippen LogP contribution in [0.1, 0.15) is 20.7 Å². The van der Waals surface area contributed by atoms with Crippen LogP contribution in [0.5, 0.6) is 0 Å². The van der Waals surface area contributed by atoms with Crippen molar-refractivity contribution >= 4 is 49.6 Å². The number of hydrogen-bond acceptors (Lipinski definition) is 5. The van der Waals surface area contributed by atoms with Crippen LogP contribution in [-0.4, -0.2) is 51.5 Å². The molecule has 0 bridgehead atoms. The van der Waals surface area contributed by atoms with E-state index in [4.69, 9.17) is 9.84 Å². The number of benzene rings is 1. The second-order valence-corrected chi connectivity index (χ2v) is 7.53. The number of carbonyl (C=O) groups is 2. The Morgan fingerprint density at radius 3 is 2.71 bits per heavy atom. The van der Waals surface area contributed by atoms with E-state index in [2.05, 4.69) is 8.86 Å². The van der Waals surface area contributed by atoms with Crippen LogP contribution in [-0.2, 0) is 4.74 Å². The second kappa shape index (κ2) is 7.87. The molecule has 0 saturated carbocycles. The van der Waals surface area contributed by atoms with Gasteiger partial charge in [0.2, 0.25) is 0 Å². The van der Waals surface area contributed by atoms with Gasteiger partial charge in [0.05, 0.1) is 11.1 Å². The van der Waals surface area contributed by atoms with Crippen LogP contribution in [0.4, 0.5) is 0 Å². The van der Waals surface area contributed by atoms with Crippen molar-refractivity contribution in [2.45, 2.75) is 5.25 Å². The lowest BCUT2D eigenvalue weighted by atomic mass is 10.1. The van der Waals surface area contributed by atoms with Crippen LogP contribution in [0.15, 0.2) is 24.3 Å². The lowest BCUT2D eigenvalue weighted by molar-refractivity contribution is 0.0500. The number of carboxylic acid groups (broad SMARTS) is 1. The van der Waals surface area contributed by atoms with Crippen LogP contribution in [0.3, 0.4) is 0 Å². The first-order valence-electron chi connectivity index (χ1n) is 6.33. The van der Waals surface area contributed by atoms with Gasteiger partial charge in [-0.3, -0.25) is 0 Å². The minimum absolute atomic E-state index is 0.0267. The van der Waals surface area contributed by atoms with E-state index in [9.17, 15) is 9.59 Å². The molecule has 1 heterocycles. The van der Waals surface area contributed by atoms with Gasteiger partial charge in [-0.15, -0.1) is 20.6 Å². The third-order valence-electron chi connectivity index (χ3n) is 2.85. The monoisotopic (exact) mass is 342 g/mol. The van der Waals surface area contributed by atoms with Gasteiger partial charge in [-0.25, -0.2) is 9.59 Å². The molecule has 0 radical (unpaired) electrons. The van der Waals surface area contributed by atoms with Crippen molar-refractivity contribution in [3.8, 4) is 0 Å². The summed E-state index contributed by atoms with van der Waals surface area (Å²) in [6, 6.07) is 6.10. The molecule has 1 aliphatic heterocycles. The molecule has 1 fully saturated rings. The number of ether oxygens (including phenoxy) is 1. The first kappa shape index (κ1) is 16.4. The highest BCUT2D eigenvalue weighted by molar-refractivity contribution is 8.05. The lowest BCUT2D eigenvalue weighted by Crippen LogP contribution is -2.19. The van der Waals surface area contributed by atoms with Crippen molar-refractivity contribution < 1.29 is 19.4 Å². The summed E-state index contributed by atoms with van der Waals surface area (Å²) in [4.78, 5) is 23.1. The van der Waals surface area contributed by atoms with Crippen molar-refractivity contribution in [2.75, 3.05) is 23.9 Å². The van der Waals surface area contributed by atoms with Gasteiger partial charge in [0.1, 0.15) is 6.61 Å². The maximum absolute atomic E-state index is 12.0. The van der Waals surface area contributed by atoms with Gasteiger partial charge in [0.25, 0.3) is 0 Å². The zero-order chi connectivity index (χ0) is 15.2. The lowest BCUT2D eigenvalue weighted by Gasteiger charge is -2.14. The molecule has 2 rings (SSSR count). The van der Waals surface area contributed by atoms with E-state index in [1.54, 1.807) is 35.7 Å². The van der Waals surface area contributed by atoms with Crippen LogP contribution in [0, 0.1) is 0 Å². The predicted molar refractivity (Wildman–Crippen MR) is 90.6 cm³/mol. The topological polar surface area (TPSA) is 63.6 Å². The molecule has 21 heavy (non-hydrogen) atoms. The van der Waals surface area contributed by atoms with Crippen LogP contribution in [0.25, 0.3) is 0 Å². The van der Waals surface area contributed by atoms with Crippen LogP contribution < -0.4 is 0 Å². The SMILES string of the molecule is O=C(O)c1ccccc1C(=O)OCC1CSCC(=P)CS1. The quantitative estimate of drug-likeness (QED) is 0.670. The van der Waals surface area contributed by atoms with Gasteiger partial charge in [-0.05, 0) is 17.4 Å². The Morgan fingerprint density at radius 2 is 2.00 bits per heavy atom. The summed E-state index contributed by atoms with van der Waals surface area (Å²) in [6.07, 6.45) is 0. The summed E-state index contributed by atoms with van der Waals surface area (Å²) in [5, 5.41) is 10.5. The van der Waals surface area contributed by atoms with Gasteiger partial charge < -0.3 is 9.84 Å². The average Bonchev–Trinajstić information content (AvgIpc) is 2.69. The molecule has 112 valence electrons. The van der Waals surface area contributed by atoms with E-state index in [1.807, 2.05) is 0 Å². The van der Waals surface area contributed by atoms with Crippen LogP contribution in [0.2, 0.25) is 0 Å². The Hall–Kier alpha value is -0.970. The Bertz CT molecular complexity index is 562. The molecule has 1 aromatic rings. The molecule has 1 aliphatic rings. The molecule has 7 heteroatoms. The highest BCUT2D eigenvalue weighted by Gasteiger charge is 2.20. The molecule has 1 saturated heterocycles. The normalized spacial score (nSPS) is 18.9. The Kier molecular flexibility index (Phi) is 6.15. The molecule has 0 aromatic heterocycles. The average molecular weight is 342 g/mol. The second-order valence-electron chi connectivity index (χ2n) is 4.50. The maximum atomic E-state index is 12.0. The summed E-state index contributed by atoms with van der Waals surface area (Å²) in [5.41, 5.74) is 0.0739. The van der Waals surface area contributed by atoms with E-state index in [1.165, 1.54) is 17.4 Å². The van der Waals surface area contributed by atoms with E-state index in [0.717, 1.165) is 17.3 Å². The fourth-order valence-corrected chi connectivity index (χ4v) is 4.70. The molecule has 0 spiro atoms. The molecule has 4 nitrogen and oxygen atoms in total. The molecular formula is C14H15O4PS2. The number of hydrogen-bond donors (Lipinski definition) is 1. The first-order chi connectivity index (χ1) is 10.1. The highest BCUT2D eigenvalue weighted by Crippen LogP contribution is 2.23. The van der Waals surface area contributed by atoms with Gasteiger partial charge in [-0.1, -0.05) is 12.1 Å². The van der Waals surface area contributed by atoms with E-state index >= 15 is 0 Å². The standard InChI is InChI=1S/C14H15O4PS2/c15-13(16)11-3-1-2-4-12(11)14(17)18-5-10-8-20-6-9(19)7-21-10/h1-4,10,19H,5-8H2,(H,15,16). The highest BCUT2D eigenvalue weighted by atomic mass is 32.2. The number of rotatable bonds is 4. The minimum atomic E-state index is -1.12. The first-order valence-corrected chi connectivity index (χ1v) is 9.03. The van der Waals surface area contributed by atoms with E-state index in [0.29, 0.717) is 6.61 Å². The molecule has 1 N–H and O–H groups in total. The zero-order valence-corrected chi connectivity index (χ0v) is 13.8. The van der Waals surface area contributed by atoms with Crippen molar-refractivity contribution in [3.63, 3.8) is 0 Å². The van der Waals surface area contributed by atoms with Gasteiger partial charge >= 0.3 is 11.9 Å². The Labute approximate surface area is 133 Å². The molecule has 1 unspecified atom stereocenters. The fourth-order valence-electron chi connectivity index (χ4n) is 1.81. The summed E-state index contributed by atoms with van der Waals surface area (Å²) in [5.74, 6) is 1.08. The number of aromatic carboxylic acids is 1. The van der Waals surface area contributed by atoms with Crippen molar-refractivity contribution in [3.05, 3.63) is 35.4 Å². The molecule has 0 aliphatic carbocycles. The number of thioether (sulfide) groups is 2. The fraction of sp³-hybridized carbons (Fsp3) is 0.357. The Morgan fingerprint density at radius 1 is 1.29 bits per heavy atom. The maximum Gasteiger partial charge on any atom is 0.339 e. The molecule has 1 aromatic carbocycles. The van der Waals surface area contributed by atoms with Gasteiger partial charge in [-0.2, -0.15) is 11.8 Å². The third-order valence-corrected chi connectivity index (χ3v) is 6.41. The smallest absolute Gasteiger partial charge is 0.339 e. The summed E-state index contributed by atoms with van der Waals surface area (Å²) < 4.78 is 5.29. The minimum Gasteiger partial charge on any atom is -0.478 e. The molecule has 0 amide bonds. The summed E-state index contributed by atoms with van der Waals surface area (Å²) in [6.45, 7) is 0.296. The number of esters is 1. The predicted octanol–water partition coefficient (Wildman–Crippen LogP) is 2.71. The zero-order valence-electron chi connectivity index (χ0n) is 11.2. The van der Waals surface area contributed by atoms with E-state index < -0.39 is 11.9 Å². The Balaban J connectivity index is 1.96. The molecule has 1 atom stereocenters.